The first kappa shape index (κ1) is 24.8. The first-order valence-corrected chi connectivity index (χ1v) is 11.9. The minimum Gasteiger partial charge on any atom is -0.482 e. The van der Waals surface area contributed by atoms with Crippen molar-refractivity contribution in [2.24, 2.45) is 0 Å². The number of rotatable bonds is 10. The molecule has 1 N–H and O–H groups in total. The monoisotopic (exact) mass is 528 g/mol. The van der Waals surface area contributed by atoms with Gasteiger partial charge in [0, 0.05) is 24.0 Å². The lowest BCUT2D eigenvalue weighted by atomic mass is 10.0. The van der Waals surface area contributed by atoms with Gasteiger partial charge >= 0.3 is 0 Å². The van der Waals surface area contributed by atoms with Gasteiger partial charge in [0.15, 0.2) is 6.61 Å². The van der Waals surface area contributed by atoms with Crippen LogP contribution in [0.3, 0.4) is 0 Å². The van der Waals surface area contributed by atoms with Crippen molar-refractivity contribution < 1.29 is 14.3 Å². The van der Waals surface area contributed by atoms with Crippen LogP contribution < -0.4 is 10.1 Å². The predicted octanol–water partition coefficient (Wildman–Crippen LogP) is 5.26. The Bertz CT molecular complexity index is 1060. The summed E-state index contributed by atoms with van der Waals surface area (Å²) in [5.41, 5.74) is 1.89. The topological polar surface area (TPSA) is 58.6 Å². The summed E-state index contributed by atoms with van der Waals surface area (Å²) in [5.74, 6) is -0.0946. The van der Waals surface area contributed by atoms with E-state index < -0.39 is 6.04 Å². The summed E-state index contributed by atoms with van der Waals surface area (Å²) in [6, 6.07) is 23.8. The van der Waals surface area contributed by atoms with Crippen LogP contribution in [0, 0.1) is 0 Å². The van der Waals surface area contributed by atoms with Crippen LogP contribution in [-0.4, -0.2) is 35.9 Å². The van der Waals surface area contributed by atoms with Crippen LogP contribution in [0.1, 0.15) is 18.1 Å². The van der Waals surface area contributed by atoms with Crippen molar-refractivity contribution in [2.45, 2.75) is 25.9 Å². The second kappa shape index (κ2) is 12.4. The molecule has 0 fully saturated rings. The summed E-state index contributed by atoms with van der Waals surface area (Å²) in [7, 11) is 0. The molecule has 5 nitrogen and oxygen atoms in total. The third-order valence-corrected chi connectivity index (χ3v) is 5.85. The molecule has 0 saturated carbocycles. The summed E-state index contributed by atoms with van der Waals surface area (Å²) < 4.78 is 6.55. The largest absolute Gasteiger partial charge is 0.482 e. The molecule has 2 amide bonds. The lowest BCUT2D eigenvalue weighted by Gasteiger charge is -2.31. The molecule has 3 aromatic rings. The molecule has 0 aromatic heterocycles. The molecule has 7 heteroatoms. The molecule has 3 rings (SSSR count). The summed E-state index contributed by atoms with van der Waals surface area (Å²) in [4.78, 5) is 28.1. The highest BCUT2D eigenvalue weighted by atomic mass is 79.9. The van der Waals surface area contributed by atoms with Crippen molar-refractivity contribution in [3.8, 4) is 5.75 Å². The van der Waals surface area contributed by atoms with Crippen molar-refractivity contribution in [1.29, 1.82) is 0 Å². The van der Waals surface area contributed by atoms with Crippen LogP contribution in [0.15, 0.2) is 83.3 Å². The molecule has 0 aliphatic heterocycles. The van der Waals surface area contributed by atoms with E-state index >= 15 is 0 Å². The maximum atomic E-state index is 13.4. The molecule has 3 aromatic carbocycles. The Morgan fingerprint density at radius 1 is 1.00 bits per heavy atom. The van der Waals surface area contributed by atoms with E-state index in [9.17, 15) is 9.59 Å². The number of carbonyl (C=O) groups is 2. The Morgan fingerprint density at radius 3 is 2.24 bits per heavy atom. The molecule has 1 atom stereocenters. The molecule has 0 aliphatic carbocycles. The van der Waals surface area contributed by atoms with Gasteiger partial charge in [-0.15, -0.1) is 0 Å². The number of hydrogen-bond acceptors (Lipinski definition) is 3. The van der Waals surface area contributed by atoms with E-state index in [1.165, 1.54) is 0 Å². The molecular weight excluding hydrogens is 504 g/mol. The predicted molar refractivity (Wildman–Crippen MR) is 134 cm³/mol. The van der Waals surface area contributed by atoms with Gasteiger partial charge in [-0.3, -0.25) is 9.59 Å². The lowest BCUT2D eigenvalue weighted by molar-refractivity contribution is -0.142. The van der Waals surface area contributed by atoms with Gasteiger partial charge in [0.25, 0.3) is 5.91 Å². The van der Waals surface area contributed by atoms with E-state index in [0.29, 0.717) is 23.7 Å². The van der Waals surface area contributed by atoms with Crippen LogP contribution in [-0.2, 0) is 22.6 Å². The van der Waals surface area contributed by atoms with Crippen LogP contribution >= 0.6 is 27.5 Å². The van der Waals surface area contributed by atoms with Gasteiger partial charge in [-0.1, -0.05) is 88.2 Å². The molecule has 1 unspecified atom stereocenters. The van der Waals surface area contributed by atoms with Crippen molar-refractivity contribution >= 4 is 39.3 Å². The number of nitrogens with zero attached hydrogens (tertiary/aromatic N) is 1. The molecule has 0 bridgehead atoms. The zero-order chi connectivity index (χ0) is 23.6. The Balaban J connectivity index is 1.87. The van der Waals surface area contributed by atoms with E-state index in [0.717, 1.165) is 15.6 Å². The number of benzene rings is 3. The number of amides is 2. The highest BCUT2D eigenvalue weighted by Crippen LogP contribution is 2.28. The minimum atomic E-state index is -0.691. The molecule has 172 valence electrons. The SMILES string of the molecule is CCNC(=O)C(Cc1ccccc1)N(Cc1ccccc1)C(=O)COc1ccc(Br)cc1Cl. The van der Waals surface area contributed by atoms with E-state index in [2.05, 4.69) is 21.2 Å². The highest BCUT2D eigenvalue weighted by Gasteiger charge is 2.30. The molecule has 0 heterocycles. The zero-order valence-corrected chi connectivity index (χ0v) is 20.7. The van der Waals surface area contributed by atoms with Gasteiger partial charge in [0.05, 0.1) is 5.02 Å². The second-order valence-corrected chi connectivity index (χ2v) is 8.79. The summed E-state index contributed by atoms with van der Waals surface area (Å²) in [5, 5.41) is 3.28. The number of halogens is 2. The number of likely N-dealkylation sites (N-methyl/N-ethyl adjacent to an activating group) is 1. The fourth-order valence-electron chi connectivity index (χ4n) is 3.44. The van der Waals surface area contributed by atoms with Gasteiger partial charge < -0.3 is 15.0 Å². The molecular formula is C26H26BrClN2O3. The highest BCUT2D eigenvalue weighted by molar-refractivity contribution is 9.10. The average Bonchev–Trinajstić information content (AvgIpc) is 2.82. The first-order valence-electron chi connectivity index (χ1n) is 10.7. The van der Waals surface area contributed by atoms with Crippen LogP contribution in [0.2, 0.25) is 5.02 Å². The Kier molecular flexibility index (Phi) is 9.34. The van der Waals surface area contributed by atoms with Crippen LogP contribution in [0.4, 0.5) is 0 Å². The third kappa shape index (κ3) is 7.34. The minimum absolute atomic E-state index is 0.202. The molecule has 33 heavy (non-hydrogen) atoms. The number of carbonyl (C=O) groups excluding carboxylic acids is 2. The summed E-state index contributed by atoms with van der Waals surface area (Å²) in [6.45, 7) is 2.38. The summed E-state index contributed by atoms with van der Waals surface area (Å²) >= 11 is 9.60. The fraction of sp³-hybridized carbons (Fsp3) is 0.231. The molecule has 0 saturated heterocycles. The standard InChI is InChI=1S/C26H26BrClN2O3/c1-2-29-26(32)23(15-19-9-5-3-6-10-19)30(17-20-11-7-4-8-12-20)25(31)18-33-24-14-13-21(27)16-22(24)28/h3-14,16,23H,2,15,17-18H2,1H3,(H,29,32). The van der Waals surface area contributed by atoms with Crippen molar-refractivity contribution in [3.63, 3.8) is 0 Å². The van der Waals surface area contributed by atoms with E-state index in [1.54, 1.807) is 23.1 Å². The molecule has 0 aliphatic rings. The zero-order valence-electron chi connectivity index (χ0n) is 18.3. The normalized spacial score (nSPS) is 11.5. The van der Waals surface area contributed by atoms with Gasteiger partial charge in [-0.2, -0.15) is 0 Å². The van der Waals surface area contributed by atoms with Gasteiger partial charge in [-0.05, 0) is 36.2 Å². The fourth-order valence-corrected chi connectivity index (χ4v) is 4.17. The summed E-state index contributed by atoms with van der Waals surface area (Å²) in [6.07, 6.45) is 0.393. The number of ether oxygens (including phenoxy) is 1. The Morgan fingerprint density at radius 2 is 1.64 bits per heavy atom. The Labute approximate surface area is 207 Å². The first-order chi connectivity index (χ1) is 16.0. The third-order valence-electron chi connectivity index (χ3n) is 5.06. The van der Waals surface area contributed by atoms with Gasteiger partial charge in [0.1, 0.15) is 11.8 Å². The number of nitrogens with one attached hydrogen (secondary N) is 1. The van der Waals surface area contributed by atoms with Gasteiger partial charge in [-0.25, -0.2) is 0 Å². The number of hydrogen-bond donors (Lipinski definition) is 1. The maximum absolute atomic E-state index is 13.4. The maximum Gasteiger partial charge on any atom is 0.261 e. The van der Waals surface area contributed by atoms with Crippen molar-refractivity contribution in [1.82, 2.24) is 10.2 Å². The molecule has 0 spiro atoms. The van der Waals surface area contributed by atoms with E-state index in [4.69, 9.17) is 16.3 Å². The van der Waals surface area contributed by atoms with Crippen LogP contribution in [0.25, 0.3) is 0 Å². The van der Waals surface area contributed by atoms with Crippen molar-refractivity contribution in [2.75, 3.05) is 13.2 Å². The van der Waals surface area contributed by atoms with E-state index in [-0.39, 0.29) is 25.0 Å². The van der Waals surface area contributed by atoms with Crippen molar-refractivity contribution in [3.05, 3.63) is 99.5 Å². The van der Waals surface area contributed by atoms with Crippen LogP contribution in [0.5, 0.6) is 5.75 Å². The van der Waals surface area contributed by atoms with Gasteiger partial charge in [0.2, 0.25) is 5.91 Å². The second-order valence-electron chi connectivity index (χ2n) is 7.47. The quantitative estimate of drug-likeness (QED) is 0.390. The average molecular weight is 530 g/mol. The lowest BCUT2D eigenvalue weighted by Crippen LogP contribution is -2.51. The smallest absolute Gasteiger partial charge is 0.261 e. The van der Waals surface area contributed by atoms with E-state index in [1.807, 2.05) is 67.6 Å². The molecule has 0 radical (unpaired) electrons. The Hall–Kier alpha value is -2.83.